The van der Waals surface area contributed by atoms with Crippen LogP contribution in [0.15, 0.2) is 12.4 Å². The summed E-state index contributed by atoms with van der Waals surface area (Å²) < 4.78 is 0. The second-order valence-corrected chi connectivity index (χ2v) is 4.25. The second-order valence-electron chi connectivity index (χ2n) is 4.25. The van der Waals surface area contributed by atoms with E-state index in [1.54, 1.807) is 12.4 Å². The fraction of sp³-hybridized carbons (Fsp3) is 0.636. The Bertz CT molecular complexity index is 294. The molecule has 1 aromatic heterocycles. The Morgan fingerprint density at radius 3 is 2.50 bits per heavy atom. The quantitative estimate of drug-likeness (QED) is 0.799. The van der Waals surface area contributed by atoms with Crippen molar-refractivity contribution in [1.29, 1.82) is 0 Å². The summed E-state index contributed by atoms with van der Waals surface area (Å²) in [5.74, 6) is 0.894. The summed E-state index contributed by atoms with van der Waals surface area (Å²) in [4.78, 5) is 8.47. The van der Waals surface area contributed by atoms with Crippen molar-refractivity contribution in [3.63, 3.8) is 0 Å². The maximum atomic E-state index is 4.27. The van der Waals surface area contributed by atoms with Crippen LogP contribution in [-0.4, -0.2) is 15.5 Å². The molecule has 14 heavy (non-hydrogen) atoms. The van der Waals surface area contributed by atoms with Gasteiger partial charge in [0.15, 0.2) is 0 Å². The summed E-state index contributed by atoms with van der Waals surface area (Å²) in [7, 11) is 0. The van der Waals surface area contributed by atoms with Gasteiger partial charge in [-0.1, -0.05) is 13.3 Å². The molecule has 0 aliphatic heterocycles. The highest BCUT2D eigenvalue weighted by molar-refractivity contribution is 5.40. The molecule has 0 aliphatic carbocycles. The number of hydrogen-bond donors (Lipinski definition) is 1. The van der Waals surface area contributed by atoms with E-state index in [0.29, 0.717) is 0 Å². The number of aromatic nitrogens is 2. The molecule has 0 bridgehead atoms. The zero-order valence-electron chi connectivity index (χ0n) is 9.46. The molecule has 3 heteroatoms. The number of nitrogens with one attached hydrogen (secondary N) is 1. The van der Waals surface area contributed by atoms with Crippen LogP contribution in [0.5, 0.6) is 0 Å². The Morgan fingerprint density at radius 2 is 1.93 bits per heavy atom. The number of rotatable bonds is 4. The molecule has 0 radical (unpaired) electrons. The maximum absolute atomic E-state index is 4.27. The monoisotopic (exact) mass is 193 g/mol. The van der Waals surface area contributed by atoms with Crippen molar-refractivity contribution >= 4 is 5.82 Å². The molecule has 0 atom stereocenters. The molecule has 0 aliphatic rings. The van der Waals surface area contributed by atoms with Crippen LogP contribution in [0.3, 0.4) is 0 Å². The van der Waals surface area contributed by atoms with E-state index in [0.717, 1.165) is 17.9 Å². The van der Waals surface area contributed by atoms with Gasteiger partial charge in [-0.25, -0.2) is 4.98 Å². The van der Waals surface area contributed by atoms with E-state index >= 15 is 0 Å². The van der Waals surface area contributed by atoms with Crippen LogP contribution in [0.25, 0.3) is 0 Å². The lowest BCUT2D eigenvalue weighted by atomic mass is 9.99. The van der Waals surface area contributed by atoms with E-state index in [4.69, 9.17) is 0 Å². The van der Waals surface area contributed by atoms with Crippen molar-refractivity contribution in [3.8, 4) is 0 Å². The van der Waals surface area contributed by atoms with Gasteiger partial charge in [-0.15, -0.1) is 0 Å². The Balaban J connectivity index is 2.73. The lowest BCUT2D eigenvalue weighted by Crippen LogP contribution is -2.31. The lowest BCUT2D eigenvalue weighted by molar-refractivity contribution is 0.508. The summed E-state index contributed by atoms with van der Waals surface area (Å²) in [6, 6.07) is 0. The molecular weight excluding hydrogens is 174 g/mol. The van der Waals surface area contributed by atoms with Gasteiger partial charge in [0.1, 0.15) is 5.82 Å². The second kappa shape index (κ2) is 4.40. The highest BCUT2D eigenvalue weighted by Gasteiger charge is 2.17. The van der Waals surface area contributed by atoms with Gasteiger partial charge in [-0.2, -0.15) is 0 Å². The molecule has 0 saturated carbocycles. The molecule has 78 valence electrons. The maximum Gasteiger partial charge on any atom is 0.147 e. The predicted molar refractivity (Wildman–Crippen MR) is 59.4 cm³/mol. The van der Waals surface area contributed by atoms with Crippen LogP contribution in [0.4, 0.5) is 5.82 Å². The van der Waals surface area contributed by atoms with Crippen LogP contribution >= 0.6 is 0 Å². The molecule has 3 nitrogen and oxygen atoms in total. The molecule has 1 aromatic rings. The summed E-state index contributed by atoms with van der Waals surface area (Å²) in [6.07, 6.45) is 5.73. The molecule has 1 rings (SSSR count). The van der Waals surface area contributed by atoms with Crippen LogP contribution in [0.1, 0.15) is 39.3 Å². The molecule has 0 saturated heterocycles. The van der Waals surface area contributed by atoms with Crippen LogP contribution in [0.2, 0.25) is 0 Å². The third kappa shape index (κ3) is 2.98. The van der Waals surface area contributed by atoms with E-state index in [9.17, 15) is 0 Å². The SMILES string of the molecule is CCCC(C)(C)Nc1nccnc1C. The van der Waals surface area contributed by atoms with E-state index in [-0.39, 0.29) is 5.54 Å². The first-order chi connectivity index (χ1) is 6.55. The van der Waals surface area contributed by atoms with Gasteiger partial charge in [-0.05, 0) is 27.2 Å². The molecular formula is C11H19N3. The Hall–Kier alpha value is -1.12. The fourth-order valence-electron chi connectivity index (χ4n) is 1.54. The van der Waals surface area contributed by atoms with Crippen molar-refractivity contribution in [2.24, 2.45) is 0 Å². The topological polar surface area (TPSA) is 37.8 Å². The minimum Gasteiger partial charge on any atom is -0.364 e. The first kappa shape index (κ1) is 11.0. The third-order valence-electron chi connectivity index (χ3n) is 2.21. The van der Waals surface area contributed by atoms with Gasteiger partial charge in [-0.3, -0.25) is 4.98 Å². The molecule has 0 amide bonds. The smallest absolute Gasteiger partial charge is 0.147 e. The normalized spacial score (nSPS) is 11.4. The van der Waals surface area contributed by atoms with Crippen LogP contribution in [-0.2, 0) is 0 Å². The number of hydrogen-bond acceptors (Lipinski definition) is 3. The van der Waals surface area contributed by atoms with Gasteiger partial charge in [0, 0.05) is 17.9 Å². The fourth-order valence-corrected chi connectivity index (χ4v) is 1.54. The van der Waals surface area contributed by atoms with Crippen molar-refractivity contribution < 1.29 is 0 Å². The third-order valence-corrected chi connectivity index (χ3v) is 2.21. The average Bonchev–Trinajstić information content (AvgIpc) is 2.08. The van der Waals surface area contributed by atoms with Gasteiger partial charge in [0.05, 0.1) is 5.69 Å². The van der Waals surface area contributed by atoms with E-state index in [1.807, 2.05) is 6.92 Å². The Labute approximate surface area is 86.0 Å². The van der Waals surface area contributed by atoms with E-state index in [2.05, 4.69) is 36.1 Å². The minimum atomic E-state index is 0.0928. The molecule has 0 unspecified atom stereocenters. The van der Waals surface area contributed by atoms with E-state index < -0.39 is 0 Å². The highest BCUT2D eigenvalue weighted by Crippen LogP contribution is 2.18. The van der Waals surface area contributed by atoms with Crippen molar-refractivity contribution in [2.45, 2.75) is 46.1 Å². The van der Waals surface area contributed by atoms with Crippen molar-refractivity contribution in [1.82, 2.24) is 9.97 Å². The van der Waals surface area contributed by atoms with Crippen molar-refractivity contribution in [2.75, 3.05) is 5.32 Å². The van der Waals surface area contributed by atoms with Crippen LogP contribution < -0.4 is 5.32 Å². The predicted octanol–water partition coefficient (Wildman–Crippen LogP) is 2.78. The van der Waals surface area contributed by atoms with Gasteiger partial charge in [0.2, 0.25) is 0 Å². The van der Waals surface area contributed by atoms with Crippen molar-refractivity contribution in [3.05, 3.63) is 18.1 Å². The molecule has 0 spiro atoms. The summed E-state index contributed by atoms with van der Waals surface area (Å²) in [5.41, 5.74) is 1.05. The molecule has 1 heterocycles. The zero-order valence-corrected chi connectivity index (χ0v) is 9.46. The Kier molecular flexibility index (Phi) is 3.44. The number of anilines is 1. The van der Waals surface area contributed by atoms with Gasteiger partial charge >= 0.3 is 0 Å². The molecule has 1 N–H and O–H groups in total. The first-order valence-electron chi connectivity index (χ1n) is 5.11. The Morgan fingerprint density at radius 1 is 1.29 bits per heavy atom. The van der Waals surface area contributed by atoms with Gasteiger partial charge in [0.25, 0.3) is 0 Å². The zero-order chi connectivity index (χ0) is 10.6. The summed E-state index contributed by atoms with van der Waals surface area (Å²) in [6.45, 7) is 8.53. The average molecular weight is 193 g/mol. The van der Waals surface area contributed by atoms with E-state index in [1.165, 1.54) is 6.42 Å². The summed E-state index contributed by atoms with van der Waals surface area (Å²) >= 11 is 0. The standard InChI is InChI=1S/C11H19N3/c1-5-6-11(3,4)14-10-9(2)12-7-8-13-10/h7-8H,5-6H2,1-4H3,(H,13,14). The lowest BCUT2D eigenvalue weighted by Gasteiger charge is -2.26. The minimum absolute atomic E-state index is 0.0928. The molecule has 0 aromatic carbocycles. The van der Waals surface area contributed by atoms with Gasteiger partial charge < -0.3 is 5.32 Å². The van der Waals surface area contributed by atoms with Crippen LogP contribution in [0, 0.1) is 6.92 Å². The highest BCUT2D eigenvalue weighted by atomic mass is 15.1. The summed E-state index contributed by atoms with van der Waals surface area (Å²) in [5, 5.41) is 3.41. The largest absolute Gasteiger partial charge is 0.364 e. The molecule has 0 fully saturated rings. The number of nitrogens with zero attached hydrogens (tertiary/aromatic N) is 2. The first-order valence-corrected chi connectivity index (χ1v) is 5.11. The number of aryl methyl sites for hydroxylation is 1.